The lowest BCUT2D eigenvalue weighted by molar-refractivity contribution is -0.118. The number of aryl methyl sites for hydroxylation is 1. The fourth-order valence-electron chi connectivity index (χ4n) is 2.12. The molecule has 0 spiro atoms. The van der Waals surface area contributed by atoms with Gasteiger partial charge in [-0.3, -0.25) is 4.79 Å². The van der Waals surface area contributed by atoms with Crippen LogP contribution in [0.3, 0.4) is 0 Å². The monoisotopic (exact) mass is 174 g/mol. The molecule has 1 heteroatoms. The number of rotatable bonds is 1. The highest BCUT2D eigenvalue weighted by Gasteiger charge is 2.26. The van der Waals surface area contributed by atoms with Crippen LogP contribution in [0.1, 0.15) is 36.3 Å². The van der Waals surface area contributed by atoms with E-state index in [1.54, 1.807) is 0 Å². The Kier molecular flexibility index (Phi) is 2.17. The highest BCUT2D eigenvalue weighted by molar-refractivity contribution is 5.87. The van der Waals surface area contributed by atoms with E-state index < -0.39 is 0 Å². The first-order valence-electron chi connectivity index (χ1n) is 4.87. The third-order valence-electron chi connectivity index (χ3n) is 2.87. The lowest BCUT2D eigenvalue weighted by Gasteiger charge is -2.10. The third-order valence-corrected chi connectivity index (χ3v) is 2.87. The first kappa shape index (κ1) is 8.49. The van der Waals surface area contributed by atoms with Crippen molar-refractivity contribution in [2.75, 3.05) is 0 Å². The largest absolute Gasteiger partial charge is 0.299 e. The van der Waals surface area contributed by atoms with Crippen LogP contribution in [0.4, 0.5) is 0 Å². The van der Waals surface area contributed by atoms with Crippen LogP contribution in [0, 0.1) is 6.92 Å². The Morgan fingerprint density at radius 2 is 2.08 bits per heavy atom. The van der Waals surface area contributed by atoms with Crippen LogP contribution in [0.15, 0.2) is 24.3 Å². The third kappa shape index (κ3) is 1.51. The van der Waals surface area contributed by atoms with Gasteiger partial charge in [-0.1, -0.05) is 24.3 Å². The van der Waals surface area contributed by atoms with E-state index in [1.165, 1.54) is 11.1 Å². The summed E-state index contributed by atoms with van der Waals surface area (Å²) in [4.78, 5) is 11.5. The van der Waals surface area contributed by atoms with Gasteiger partial charge in [0.25, 0.3) is 0 Å². The van der Waals surface area contributed by atoms with Gasteiger partial charge in [0.05, 0.1) is 0 Å². The van der Waals surface area contributed by atoms with Crippen LogP contribution in [0.25, 0.3) is 0 Å². The zero-order valence-corrected chi connectivity index (χ0v) is 7.92. The van der Waals surface area contributed by atoms with E-state index in [0.29, 0.717) is 5.78 Å². The molecule has 1 atom stereocenters. The maximum absolute atomic E-state index is 11.5. The number of benzene rings is 1. The minimum atomic E-state index is 0.196. The molecule has 0 aliphatic heterocycles. The first-order chi connectivity index (χ1) is 6.29. The zero-order chi connectivity index (χ0) is 9.26. The standard InChI is InChI=1S/C12H14O/c1-9-5-2-3-6-10(9)11-7-4-8-12(11)13/h2-3,5-6,11H,4,7-8H2,1H3. The van der Waals surface area contributed by atoms with Crippen LogP contribution in [-0.2, 0) is 4.79 Å². The SMILES string of the molecule is Cc1ccccc1C1CCCC1=O. The van der Waals surface area contributed by atoms with Crippen molar-refractivity contribution in [2.45, 2.75) is 32.1 Å². The number of hydrogen-bond donors (Lipinski definition) is 0. The lowest BCUT2D eigenvalue weighted by atomic mass is 9.93. The average Bonchev–Trinajstić information content (AvgIpc) is 2.52. The topological polar surface area (TPSA) is 17.1 Å². The molecule has 1 aromatic rings. The molecule has 13 heavy (non-hydrogen) atoms. The maximum atomic E-state index is 11.5. The first-order valence-corrected chi connectivity index (χ1v) is 4.87. The molecule has 0 radical (unpaired) electrons. The predicted octanol–water partition coefficient (Wildman–Crippen LogP) is 2.83. The number of carbonyl (C=O) groups excluding carboxylic acids is 1. The molecule has 1 unspecified atom stereocenters. The number of Topliss-reactive ketones (excluding diaryl/α,β-unsaturated/α-hetero) is 1. The quantitative estimate of drug-likeness (QED) is 0.639. The molecule has 0 aromatic heterocycles. The van der Waals surface area contributed by atoms with Gasteiger partial charge in [-0.15, -0.1) is 0 Å². The van der Waals surface area contributed by atoms with Crippen LogP contribution in [0.2, 0.25) is 0 Å². The normalized spacial score (nSPS) is 22.2. The average molecular weight is 174 g/mol. The fraction of sp³-hybridized carbons (Fsp3) is 0.417. The van der Waals surface area contributed by atoms with Crippen LogP contribution >= 0.6 is 0 Å². The summed E-state index contributed by atoms with van der Waals surface area (Å²) in [5, 5.41) is 0. The molecule has 68 valence electrons. The van der Waals surface area contributed by atoms with E-state index in [4.69, 9.17) is 0 Å². The minimum Gasteiger partial charge on any atom is -0.299 e. The van der Waals surface area contributed by atoms with Crippen molar-refractivity contribution in [2.24, 2.45) is 0 Å². The summed E-state index contributed by atoms with van der Waals surface area (Å²) in [7, 11) is 0. The molecule has 1 nitrogen and oxygen atoms in total. The highest BCUT2D eigenvalue weighted by atomic mass is 16.1. The molecule has 2 rings (SSSR count). The summed E-state index contributed by atoms with van der Waals surface area (Å²) in [6.45, 7) is 2.08. The zero-order valence-electron chi connectivity index (χ0n) is 7.92. The molecule has 0 amide bonds. The molecular formula is C12H14O. The summed E-state index contributed by atoms with van der Waals surface area (Å²) in [5.74, 6) is 0.621. The van der Waals surface area contributed by atoms with Crippen molar-refractivity contribution in [3.05, 3.63) is 35.4 Å². The minimum absolute atomic E-state index is 0.196. The molecule has 1 aromatic carbocycles. The fourth-order valence-corrected chi connectivity index (χ4v) is 2.12. The second kappa shape index (κ2) is 3.33. The smallest absolute Gasteiger partial charge is 0.140 e. The molecular weight excluding hydrogens is 160 g/mol. The Morgan fingerprint density at radius 3 is 2.69 bits per heavy atom. The van der Waals surface area contributed by atoms with Crippen molar-refractivity contribution in [1.82, 2.24) is 0 Å². The molecule has 0 heterocycles. The van der Waals surface area contributed by atoms with Crippen molar-refractivity contribution >= 4 is 5.78 Å². The van der Waals surface area contributed by atoms with Gasteiger partial charge >= 0.3 is 0 Å². The van der Waals surface area contributed by atoms with Gasteiger partial charge in [-0.2, -0.15) is 0 Å². The predicted molar refractivity (Wildman–Crippen MR) is 52.8 cm³/mol. The molecule has 1 aliphatic rings. The van der Waals surface area contributed by atoms with Gasteiger partial charge in [0.1, 0.15) is 5.78 Å². The number of carbonyl (C=O) groups is 1. The Morgan fingerprint density at radius 1 is 1.31 bits per heavy atom. The highest BCUT2D eigenvalue weighted by Crippen LogP contribution is 2.32. The molecule has 1 aliphatic carbocycles. The van der Waals surface area contributed by atoms with Crippen molar-refractivity contribution < 1.29 is 4.79 Å². The van der Waals surface area contributed by atoms with E-state index in [0.717, 1.165) is 19.3 Å². The van der Waals surface area contributed by atoms with E-state index in [9.17, 15) is 4.79 Å². The Bertz CT molecular complexity index is 328. The van der Waals surface area contributed by atoms with Crippen molar-refractivity contribution in [3.63, 3.8) is 0 Å². The Labute approximate surface area is 78.8 Å². The summed E-state index contributed by atoms with van der Waals surface area (Å²) in [5.41, 5.74) is 2.49. The van der Waals surface area contributed by atoms with E-state index in [1.807, 2.05) is 12.1 Å². The molecule has 0 saturated heterocycles. The van der Waals surface area contributed by atoms with Crippen molar-refractivity contribution in [3.8, 4) is 0 Å². The van der Waals surface area contributed by atoms with Crippen LogP contribution < -0.4 is 0 Å². The second-order valence-corrected chi connectivity index (χ2v) is 3.77. The molecule has 1 saturated carbocycles. The van der Waals surface area contributed by atoms with Crippen LogP contribution in [0.5, 0.6) is 0 Å². The van der Waals surface area contributed by atoms with E-state index >= 15 is 0 Å². The van der Waals surface area contributed by atoms with Gasteiger partial charge in [-0.25, -0.2) is 0 Å². The van der Waals surface area contributed by atoms with Gasteiger partial charge in [-0.05, 0) is 30.9 Å². The number of ketones is 1. The van der Waals surface area contributed by atoms with Gasteiger partial charge in [0.2, 0.25) is 0 Å². The number of hydrogen-bond acceptors (Lipinski definition) is 1. The van der Waals surface area contributed by atoms with Gasteiger partial charge < -0.3 is 0 Å². The summed E-state index contributed by atoms with van der Waals surface area (Å²) in [6, 6.07) is 8.22. The Balaban J connectivity index is 2.34. The Hall–Kier alpha value is -1.11. The van der Waals surface area contributed by atoms with Gasteiger partial charge in [0.15, 0.2) is 0 Å². The summed E-state index contributed by atoms with van der Waals surface area (Å²) >= 11 is 0. The molecule has 0 bridgehead atoms. The summed E-state index contributed by atoms with van der Waals surface area (Å²) < 4.78 is 0. The lowest BCUT2D eigenvalue weighted by Crippen LogP contribution is -2.05. The van der Waals surface area contributed by atoms with Gasteiger partial charge in [0, 0.05) is 12.3 Å². The second-order valence-electron chi connectivity index (χ2n) is 3.77. The summed E-state index contributed by atoms with van der Waals surface area (Å²) in [6.07, 6.45) is 2.89. The maximum Gasteiger partial charge on any atom is 0.140 e. The molecule has 0 N–H and O–H groups in total. The van der Waals surface area contributed by atoms with E-state index in [2.05, 4.69) is 19.1 Å². The van der Waals surface area contributed by atoms with E-state index in [-0.39, 0.29) is 5.92 Å². The van der Waals surface area contributed by atoms with Crippen molar-refractivity contribution in [1.29, 1.82) is 0 Å². The molecule has 1 fully saturated rings. The van der Waals surface area contributed by atoms with Crippen LogP contribution in [-0.4, -0.2) is 5.78 Å².